The van der Waals surface area contributed by atoms with Gasteiger partial charge in [-0.15, -0.1) is 0 Å². The quantitative estimate of drug-likeness (QED) is 0.634. The van der Waals surface area contributed by atoms with Gasteiger partial charge in [-0.1, -0.05) is 25.8 Å². The Hall–Kier alpha value is -2.64. The smallest absolute Gasteiger partial charge is 0.321 e. The van der Waals surface area contributed by atoms with E-state index >= 15 is 0 Å². The van der Waals surface area contributed by atoms with Crippen LogP contribution in [0.25, 0.3) is 0 Å². The van der Waals surface area contributed by atoms with Crippen LogP contribution in [0.1, 0.15) is 32.6 Å². The van der Waals surface area contributed by atoms with E-state index in [1.165, 1.54) is 24.3 Å². The number of urea groups is 1. The Morgan fingerprint density at radius 1 is 1.33 bits per heavy atom. The minimum Gasteiger partial charge on any atom is -0.484 e. The van der Waals surface area contributed by atoms with Crippen LogP contribution in [0, 0.1) is 16.0 Å². The van der Waals surface area contributed by atoms with E-state index in [1.54, 1.807) is 0 Å². The van der Waals surface area contributed by atoms with Gasteiger partial charge in [0.05, 0.1) is 11.0 Å². The van der Waals surface area contributed by atoms with Crippen LogP contribution >= 0.6 is 0 Å². The summed E-state index contributed by atoms with van der Waals surface area (Å²) in [6, 6.07) is 5.04. The Balaban J connectivity index is 1.77. The van der Waals surface area contributed by atoms with Crippen molar-refractivity contribution in [3.8, 4) is 5.75 Å². The summed E-state index contributed by atoms with van der Waals surface area (Å²) >= 11 is 0. The second-order valence-corrected chi connectivity index (χ2v) is 5.93. The molecule has 8 nitrogen and oxygen atoms in total. The van der Waals surface area contributed by atoms with E-state index in [1.807, 2.05) is 0 Å². The fraction of sp³-hybridized carbons (Fsp3) is 0.500. The Bertz CT molecular complexity index is 619. The van der Waals surface area contributed by atoms with Crippen LogP contribution in [0.5, 0.6) is 5.75 Å². The van der Waals surface area contributed by atoms with E-state index < -0.39 is 23.5 Å². The second-order valence-electron chi connectivity index (χ2n) is 5.93. The molecular weight excluding hydrogens is 314 g/mol. The maximum Gasteiger partial charge on any atom is 0.321 e. The summed E-state index contributed by atoms with van der Waals surface area (Å²) in [5, 5.41) is 15.7. The average molecular weight is 335 g/mol. The Morgan fingerprint density at radius 2 is 2.08 bits per heavy atom. The number of carbonyl (C=O) groups excluding carboxylic acids is 2. The summed E-state index contributed by atoms with van der Waals surface area (Å²) < 4.78 is 5.17. The SMILES string of the molecule is C[C@H]1CCCC[C@@H]1NC(=O)NC(=O)COc1cccc([N+](=O)[O-])c1. The normalized spacial score (nSPS) is 20.0. The zero-order valence-electron chi connectivity index (χ0n) is 13.5. The maximum atomic E-state index is 11.8. The lowest BCUT2D eigenvalue weighted by Crippen LogP contribution is -2.48. The molecule has 0 unspecified atom stereocenters. The van der Waals surface area contributed by atoms with Crippen LogP contribution in [0.3, 0.4) is 0 Å². The summed E-state index contributed by atoms with van der Waals surface area (Å²) in [4.78, 5) is 33.7. The molecule has 1 aliphatic rings. The maximum absolute atomic E-state index is 11.8. The third-order valence-corrected chi connectivity index (χ3v) is 4.08. The molecule has 1 fully saturated rings. The molecule has 0 radical (unpaired) electrons. The van der Waals surface area contributed by atoms with Crippen molar-refractivity contribution in [2.75, 3.05) is 6.61 Å². The first-order valence-corrected chi connectivity index (χ1v) is 7.93. The number of non-ortho nitro benzene ring substituents is 1. The predicted molar refractivity (Wildman–Crippen MR) is 86.7 cm³/mol. The summed E-state index contributed by atoms with van der Waals surface area (Å²) in [6.07, 6.45) is 4.21. The molecule has 0 aliphatic heterocycles. The first kappa shape index (κ1) is 17.7. The molecular formula is C16H21N3O5. The number of ether oxygens (including phenoxy) is 1. The van der Waals surface area contributed by atoms with E-state index in [2.05, 4.69) is 17.6 Å². The Morgan fingerprint density at radius 3 is 2.79 bits per heavy atom. The number of hydrogen-bond acceptors (Lipinski definition) is 5. The lowest BCUT2D eigenvalue weighted by atomic mass is 9.86. The molecule has 2 rings (SSSR count). The molecule has 1 aromatic carbocycles. The first-order valence-electron chi connectivity index (χ1n) is 7.93. The number of nitrogens with zero attached hydrogens (tertiary/aromatic N) is 1. The van der Waals surface area contributed by atoms with Crippen molar-refractivity contribution >= 4 is 17.6 Å². The molecule has 0 bridgehead atoms. The van der Waals surface area contributed by atoms with E-state index in [-0.39, 0.29) is 17.5 Å². The van der Waals surface area contributed by atoms with Crippen molar-refractivity contribution in [1.29, 1.82) is 0 Å². The van der Waals surface area contributed by atoms with Gasteiger partial charge in [-0.2, -0.15) is 0 Å². The van der Waals surface area contributed by atoms with Crippen molar-refractivity contribution in [3.05, 3.63) is 34.4 Å². The van der Waals surface area contributed by atoms with Gasteiger partial charge in [0.25, 0.3) is 11.6 Å². The zero-order valence-corrected chi connectivity index (χ0v) is 13.5. The number of hydrogen-bond donors (Lipinski definition) is 2. The van der Waals surface area contributed by atoms with E-state index in [4.69, 9.17) is 4.74 Å². The van der Waals surface area contributed by atoms with Gasteiger partial charge in [0, 0.05) is 12.1 Å². The number of benzene rings is 1. The zero-order chi connectivity index (χ0) is 17.5. The van der Waals surface area contributed by atoms with Crippen molar-refractivity contribution < 1.29 is 19.2 Å². The number of carbonyl (C=O) groups is 2. The molecule has 130 valence electrons. The minimum absolute atomic E-state index is 0.0734. The van der Waals surface area contributed by atoms with Crippen molar-refractivity contribution in [2.24, 2.45) is 5.92 Å². The minimum atomic E-state index is -0.609. The first-order chi connectivity index (χ1) is 11.5. The van der Waals surface area contributed by atoms with Gasteiger partial charge in [0.2, 0.25) is 0 Å². The predicted octanol–water partition coefficient (Wildman–Crippen LogP) is 2.38. The number of nitrogens with one attached hydrogen (secondary N) is 2. The molecule has 0 spiro atoms. The fourth-order valence-corrected chi connectivity index (χ4v) is 2.73. The van der Waals surface area contributed by atoms with Crippen molar-refractivity contribution in [1.82, 2.24) is 10.6 Å². The Kier molecular flexibility index (Phi) is 6.11. The van der Waals surface area contributed by atoms with E-state index in [0.717, 1.165) is 25.7 Å². The number of imide groups is 1. The third kappa shape index (κ3) is 5.22. The molecule has 0 aromatic heterocycles. The number of amides is 3. The number of nitro groups is 1. The molecule has 24 heavy (non-hydrogen) atoms. The molecule has 1 aliphatic carbocycles. The lowest BCUT2D eigenvalue weighted by molar-refractivity contribution is -0.384. The van der Waals surface area contributed by atoms with Gasteiger partial charge in [0.15, 0.2) is 6.61 Å². The van der Waals surface area contributed by atoms with Crippen LogP contribution in [0.2, 0.25) is 0 Å². The molecule has 0 heterocycles. The van der Waals surface area contributed by atoms with Gasteiger partial charge in [-0.05, 0) is 24.8 Å². The van der Waals surface area contributed by atoms with Crippen LogP contribution in [-0.4, -0.2) is 29.5 Å². The Labute approximate surface area is 139 Å². The van der Waals surface area contributed by atoms with E-state index in [9.17, 15) is 19.7 Å². The fourth-order valence-electron chi connectivity index (χ4n) is 2.73. The molecule has 1 aromatic rings. The number of rotatable bonds is 5. The molecule has 3 amide bonds. The third-order valence-electron chi connectivity index (χ3n) is 4.08. The average Bonchev–Trinajstić information content (AvgIpc) is 2.55. The highest BCUT2D eigenvalue weighted by molar-refractivity contribution is 5.95. The molecule has 8 heteroatoms. The summed E-state index contributed by atoms with van der Waals surface area (Å²) in [6.45, 7) is 1.69. The van der Waals surface area contributed by atoms with Crippen LogP contribution < -0.4 is 15.4 Å². The summed E-state index contributed by atoms with van der Waals surface area (Å²) in [5.41, 5.74) is -0.128. The van der Waals surface area contributed by atoms with Crippen LogP contribution in [0.4, 0.5) is 10.5 Å². The lowest BCUT2D eigenvalue weighted by Gasteiger charge is -2.29. The van der Waals surface area contributed by atoms with Gasteiger partial charge >= 0.3 is 6.03 Å². The molecule has 0 saturated heterocycles. The largest absolute Gasteiger partial charge is 0.484 e. The highest BCUT2D eigenvalue weighted by Crippen LogP contribution is 2.23. The highest BCUT2D eigenvalue weighted by Gasteiger charge is 2.23. The van der Waals surface area contributed by atoms with E-state index in [0.29, 0.717) is 5.92 Å². The van der Waals surface area contributed by atoms with Crippen LogP contribution in [0.15, 0.2) is 24.3 Å². The van der Waals surface area contributed by atoms with Crippen molar-refractivity contribution in [3.63, 3.8) is 0 Å². The number of nitro benzene ring substituents is 1. The van der Waals surface area contributed by atoms with Gasteiger partial charge in [0.1, 0.15) is 5.75 Å². The topological polar surface area (TPSA) is 111 Å². The molecule has 2 N–H and O–H groups in total. The highest BCUT2D eigenvalue weighted by atomic mass is 16.6. The monoisotopic (exact) mass is 335 g/mol. The van der Waals surface area contributed by atoms with Gasteiger partial charge in [-0.25, -0.2) is 4.79 Å². The summed E-state index contributed by atoms with van der Waals surface area (Å²) in [7, 11) is 0. The second kappa shape index (κ2) is 8.28. The summed E-state index contributed by atoms with van der Waals surface area (Å²) in [5.74, 6) is -0.0242. The molecule has 1 saturated carbocycles. The van der Waals surface area contributed by atoms with Crippen molar-refractivity contribution in [2.45, 2.75) is 38.6 Å². The molecule has 2 atom stereocenters. The van der Waals surface area contributed by atoms with Crippen LogP contribution in [-0.2, 0) is 4.79 Å². The standard InChI is InChI=1S/C16H21N3O5/c1-11-5-2-3-8-14(11)17-16(21)18-15(20)10-24-13-7-4-6-12(9-13)19(22)23/h4,6-7,9,11,14H,2-3,5,8,10H2,1H3,(H2,17,18,20,21)/t11-,14-/m0/s1. The van der Waals surface area contributed by atoms with Gasteiger partial charge in [-0.3, -0.25) is 20.2 Å². The van der Waals surface area contributed by atoms with Gasteiger partial charge < -0.3 is 10.1 Å².